The predicted octanol–water partition coefficient (Wildman–Crippen LogP) is 3.88. The molecule has 178 valence electrons. The van der Waals surface area contributed by atoms with Gasteiger partial charge in [0, 0.05) is 48.3 Å². The standard InChI is InChI=1S/C26H23N3O5S/c30-25(27-14-18-15-28(16-18)26(31)32)20-10-12-21(13-11-20)35(33,34)29-17-23(19-6-2-1-3-7-19)22-8-4-5-9-24(22)29/h1-13,17-18H,14-16H2,(H,27,30)(H,31,32). The van der Waals surface area contributed by atoms with Crippen LogP contribution in [0.1, 0.15) is 10.4 Å². The summed E-state index contributed by atoms with van der Waals surface area (Å²) < 4.78 is 28.3. The molecule has 1 aliphatic rings. The number of carbonyl (C=O) groups is 2. The fourth-order valence-corrected chi connectivity index (χ4v) is 5.65. The van der Waals surface area contributed by atoms with Gasteiger partial charge < -0.3 is 15.3 Å². The van der Waals surface area contributed by atoms with Gasteiger partial charge in [0.1, 0.15) is 0 Å². The van der Waals surface area contributed by atoms with Crippen molar-refractivity contribution in [2.75, 3.05) is 19.6 Å². The van der Waals surface area contributed by atoms with Crippen LogP contribution >= 0.6 is 0 Å². The lowest BCUT2D eigenvalue weighted by atomic mass is 10.0. The van der Waals surface area contributed by atoms with Crippen molar-refractivity contribution in [2.24, 2.45) is 5.92 Å². The van der Waals surface area contributed by atoms with Gasteiger partial charge in [-0.25, -0.2) is 17.2 Å². The molecule has 2 heterocycles. The molecule has 0 aliphatic carbocycles. The summed E-state index contributed by atoms with van der Waals surface area (Å²) in [5.74, 6) is -0.254. The zero-order valence-corrected chi connectivity index (χ0v) is 19.5. The summed E-state index contributed by atoms with van der Waals surface area (Å²) in [7, 11) is -3.91. The molecule has 1 aliphatic heterocycles. The number of fused-ring (bicyclic) bond motifs is 1. The number of rotatable bonds is 6. The van der Waals surface area contributed by atoms with Gasteiger partial charge in [0.2, 0.25) is 0 Å². The van der Waals surface area contributed by atoms with Gasteiger partial charge in [0.25, 0.3) is 15.9 Å². The van der Waals surface area contributed by atoms with Gasteiger partial charge in [-0.15, -0.1) is 0 Å². The fraction of sp³-hybridized carbons (Fsp3) is 0.154. The highest BCUT2D eigenvalue weighted by Gasteiger charge is 2.30. The first-order chi connectivity index (χ1) is 16.8. The summed E-state index contributed by atoms with van der Waals surface area (Å²) in [4.78, 5) is 24.7. The number of nitrogens with zero attached hydrogens (tertiary/aromatic N) is 2. The molecule has 3 aromatic carbocycles. The largest absolute Gasteiger partial charge is 0.465 e. The van der Waals surface area contributed by atoms with Crippen LogP contribution in [0.2, 0.25) is 0 Å². The number of likely N-dealkylation sites (tertiary alicyclic amines) is 1. The number of para-hydroxylation sites is 1. The number of benzene rings is 3. The maximum absolute atomic E-state index is 13.5. The van der Waals surface area contributed by atoms with E-state index in [9.17, 15) is 18.0 Å². The minimum atomic E-state index is -3.91. The van der Waals surface area contributed by atoms with E-state index in [-0.39, 0.29) is 16.7 Å². The summed E-state index contributed by atoms with van der Waals surface area (Å²) in [6.07, 6.45) is 0.672. The van der Waals surface area contributed by atoms with Crippen LogP contribution in [0.25, 0.3) is 22.0 Å². The Hall–Kier alpha value is -4.11. The van der Waals surface area contributed by atoms with Crippen LogP contribution in [-0.4, -0.2) is 54.0 Å². The van der Waals surface area contributed by atoms with Gasteiger partial charge in [-0.3, -0.25) is 4.79 Å². The molecule has 8 nitrogen and oxygen atoms in total. The second-order valence-electron chi connectivity index (χ2n) is 8.51. The van der Waals surface area contributed by atoms with Gasteiger partial charge in [-0.05, 0) is 35.9 Å². The molecular formula is C26H23N3O5S. The fourth-order valence-electron chi connectivity index (χ4n) is 4.28. The van der Waals surface area contributed by atoms with Crippen molar-refractivity contribution in [3.8, 4) is 11.1 Å². The van der Waals surface area contributed by atoms with Gasteiger partial charge in [0.15, 0.2) is 0 Å². The monoisotopic (exact) mass is 489 g/mol. The Morgan fingerprint density at radius 3 is 2.26 bits per heavy atom. The molecule has 0 unspecified atom stereocenters. The zero-order valence-electron chi connectivity index (χ0n) is 18.7. The average Bonchev–Trinajstić information content (AvgIpc) is 3.24. The van der Waals surface area contributed by atoms with Crippen molar-refractivity contribution >= 4 is 32.9 Å². The van der Waals surface area contributed by atoms with E-state index < -0.39 is 16.1 Å². The van der Waals surface area contributed by atoms with Crippen LogP contribution in [0.15, 0.2) is 90.0 Å². The number of carboxylic acid groups (broad SMARTS) is 1. The van der Waals surface area contributed by atoms with Gasteiger partial charge >= 0.3 is 6.09 Å². The van der Waals surface area contributed by atoms with E-state index in [4.69, 9.17) is 5.11 Å². The maximum Gasteiger partial charge on any atom is 0.407 e. The third-order valence-electron chi connectivity index (χ3n) is 6.22. The molecule has 2 N–H and O–H groups in total. The highest BCUT2D eigenvalue weighted by Crippen LogP contribution is 2.33. The first-order valence-electron chi connectivity index (χ1n) is 11.1. The third kappa shape index (κ3) is 4.26. The quantitative estimate of drug-likeness (QED) is 0.427. The Morgan fingerprint density at radius 2 is 1.57 bits per heavy atom. The molecule has 4 aromatic rings. The summed E-state index contributed by atoms with van der Waals surface area (Å²) in [6.45, 7) is 1.14. The number of hydrogen-bond acceptors (Lipinski definition) is 4. The number of aromatic nitrogens is 1. The molecule has 0 bridgehead atoms. The minimum absolute atomic E-state index is 0.0745. The topological polar surface area (TPSA) is 109 Å². The lowest BCUT2D eigenvalue weighted by Crippen LogP contribution is -2.53. The maximum atomic E-state index is 13.5. The Morgan fingerprint density at radius 1 is 0.914 bits per heavy atom. The summed E-state index contributed by atoms with van der Waals surface area (Å²) in [5.41, 5.74) is 2.64. The van der Waals surface area contributed by atoms with E-state index in [0.29, 0.717) is 30.7 Å². The number of hydrogen-bond donors (Lipinski definition) is 2. The Balaban J connectivity index is 1.37. The van der Waals surface area contributed by atoms with Gasteiger partial charge in [-0.1, -0.05) is 48.5 Å². The van der Waals surface area contributed by atoms with E-state index in [2.05, 4.69) is 5.32 Å². The van der Waals surface area contributed by atoms with Crippen LogP contribution in [0.4, 0.5) is 4.79 Å². The molecular weight excluding hydrogens is 466 g/mol. The van der Waals surface area contributed by atoms with Crippen LogP contribution in [-0.2, 0) is 10.0 Å². The summed E-state index contributed by atoms with van der Waals surface area (Å²) >= 11 is 0. The molecule has 0 saturated carbocycles. The van der Waals surface area contributed by atoms with Crippen molar-refractivity contribution in [2.45, 2.75) is 4.90 Å². The molecule has 9 heteroatoms. The second kappa shape index (κ2) is 8.92. The normalized spacial score (nSPS) is 14.0. The lowest BCUT2D eigenvalue weighted by molar-refractivity contribution is 0.0768. The predicted molar refractivity (Wildman–Crippen MR) is 132 cm³/mol. The lowest BCUT2D eigenvalue weighted by Gasteiger charge is -2.37. The number of carbonyl (C=O) groups excluding carboxylic acids is 1. The first kappa shape index (κ1) is 22.7. The highest BCUT2D eigenvalue weighted by molar-refractivity contribution is 7.90. The number of nitrogens with one attached hydrogen (secondary N) is 1. The van der Waals surface area contributed by atoms with Gasteiger partial charge in [-0.2, -0.15) is 0 Å². The van der Waals surface area contributed by atoms with Crippen molar-refractivity contribution in [3.63, 3.8) is 0 Å². The van der Waals surface area contributed by atoms with Gasteiger partial charge in [0.05, 0.1) is 10.4 Å². The van der Waals surface area contributed by atoms with E-state index in [0.717, 1.165) is 16.5 Å². The molecule has 1 fully saturated rings. The van der Waals surface area contributed by atoms with E-state index in [1.54, 1.807) is 18.3 Å². The van der Waals surface area contributed by atoms with E-state index in [1.165, 1.54) is 33.1 Å². The molecule has 0 spiro atoms. The van der Waals surface area contributed by atoms with E-state index >= 15 is 0 Å². The van der Waals surface area contributed by atoms with Crippen LogP contribution in [0, 0.1) is 5.92 Å². The molecule has 0 atom stereocenters. The summed E-state index contributed by atoms with van der Waals surface area (Å²) in [5, 5.41) is 12.5. The Labute approximate surface area is 202 Å². The van der Waals surface area contributed by atoms with Crippen molar-refractivity contribution in [1.29, 1.82) is 0 Å². The molecule has 1 saturated heterocycles. The molecule has 5 rings (SSSR count). The minimum Gasteiger partial charge on any atom is -0.465 e. The summed E-state index contributed by atoms with van der Waals surface area (Å²) in [6, 6.07) is 22.8. The van der Waals surface area contributed by atoms with E-state index in [1.807, 2.05) is 42.5 Å². The van der Waals surface area contributed by atoms with Crippen molar-refractivity contribution < 1.29 is 23.1 Å². The smallest absolute Gasteiger partial charge is 0.407 e. The van der Waals surface area contributed by atoms with Crippen molar-refractivity contribution in [3.05, 3.63) is 90.6 Å². The SMILES string of the molecule is O=C(NCC1CN(C(=O)O)C1)c1ccc(S(=O)(=O)n2cc(-c3ccccc3)c3ccccc32)cc1. The van der Waals surface area contributed by atoms with Crippen LogP contribution < -0.4 is 5.32 Å². The molecule has 2 amide bonds. The molecule has 0 radical (unpaired) electrons. The third-order valence-corrected chi connectivity index (χ3v) is 7.90. The highest BCUT2D eigenvalue weighted by atomic mass is 32.2. The van der Waals surface area contributed by atoms with Crippen molar-refractivity contribution in [1.82, 2.24) is 14.2 Å². The van der Waals surface area contributed by atoms with Crippen LogP contribution in [0.3, 0.4) is 0 Å². The number of amides is 2. The second-order valence-corrected chi connectivity index (χ2v) is 10.3. The van der Waals surface area contributed by atoms with Crippen LogP contribution in [0.5, 0.6) is 0 Å². The Kier molecular flexibility index (Phi) is 5.78. The zero-order chi connectivity index (χ0) is 24.6. The molecule has 35 heavy (non-hydrogen) atoms. The first-order valence-corrected chi connectivity index (χ1v) is 12.6. The average molecular weight is 490 g/mol. The Bertz CT molecular complexity index is 1510. The molecule has 1 aromatic heterocycles.